The lowest BCUT2D eigenvalue weighted by Crippen LogP contribution is -2.47. The standard InChI is InChI=1S/C16H28N2O2/c1-18(9-13-8-11-3-4-12(13)7-11)10-15(16(19)20-2)17-14-5-6-14/h11-15,17H,3-10H2,1-2H3. The highest BCUT2D eigenvalue weighted by Gasteiger charge is 2.40. The van der Waals surface area contributed by atoms with Crippen LogP contribution < -0.4 is 5.32 Å². The average Bonchev–Trinajstić information content (AvgIpc) is 3.01. The molecule has 3 saturated carbocycles. The molecule has 114 valence electrons. The third kappa shape index (κ3) is 3.34. The van der Waals surface area contributed by atoms with E-state index in [1.54, 1.807) is 0 Å². The summed E-state index contributed by atoms with van der Waals surface area (Å²) in [6.07, 6.45) is 8.16. The number of carbonyl (C=O) groups excluding carboxylic acids is 1. The summed E-state index contributed by atoms with van der Waals surface area (Å²) in [5, 5.41) is 3.42. The van der Waals surface area contributed by atoms with Gasteiger partial charge < -0.3 is 15.0 Å². The highest BCUT2D eigenvalue weighted by atomic mass is 16.5. The number of ether oxygens (including phenoxy) is 1. The molecule has 0 heterocycles. The van der Waals surface area contributed by atoms with Crippen LogP contribution in [0.3, 0.4) is 0 Å². The monoisotopic (exact) mass is 280 g/mol. The van der Waals surface area contributed by atoms with E-state index in [2.05, 4.69) is 17.3 Å². The van der Waals surface area contributed by atoms with Crippen molar-refractivity contribution >= 4 is 5.97 Å². The second-order valence-corrected chi connectivity index (χ2v) is 7.17. The first kappa shape index (κ1) is 14.3. The molecule has 3 aliphatic rings. The number of fused-ring (bicyclic) bond motifs is 2. The minimum Gasteiger partial charge on any atom is -0.468 e. The van der Waals surface area contributed by atoms with Gasteiger partial charge in [-0.05, 0) is 56.9 Å². The second kappa shape index (κ2) is 6.02. The molecule has 0 amide bonds. The SMILES string of the molecule is COC(=O)C(CN(C)CC1CC2CCC1C2)NC1CC1. The summed E-state index contributed by atoms with van der Waals surface area (Å²) >= 11 is 0. The molecule has 3 aliphatic carbocycles. The third-order valence-corrected chi connectivity index (χ3v) is 5.42. The Labute approximate surface area is 122 Å². The molecule has 20 heavy (non-hydrogen) atoms. The lowest BCUT2D eigenvalue weighted by molar-refractivity contribution is -0.143. The van der Waals surface area contributed by atoms with Gasteiger partial charge in [-0.15, -0.1) is 0 Å². The lowest BCUT2D eigenvalue weighted by atomic mass is 9.88. The summed E-state index contributed by atoms with van der Waals surface area (Å²) in [7, 11) is 3.64. The molecular weight excluding hydrogens is 252 g/mol. The van der Waals surface area contributed by atoms with Crippen LogP contribution in [-0.2, 0) is 9.53 Å². The van der Waals surface area contributed by atoms with Crippen molar-refractivity contribution in [2.24, 2.45) is 17.8 Å². The molecule has 1 N–H and O–H groups in total. The number of hydrogen-bond donors (Lipinski definition) is 1. The lowest BCUT2D eigenvalue weighted by Gasteiger charge is -2.29. The Morgan fingerprint density at radius 1 is 1.30 bits per heavy atom. The average molecular weight is 280 g/mol. The predicted molar refractivity (Wildman–Crippen MR) is 78.4 cm³/mol. The third-order valence-electron chi connectivity index (χ3n) is 5.42. The predicted octanol–water partition coefficient (Wildman–Crippen LogP) is 1.65. The minimum atomic E-state index is -0.156. The van der Waals surface area contributed by atoms with Crippen LogP contribution in [0.4, 0.5) is 0 Å². The molecule has 0 aromatic rings. The van der Waals surface area contributed by atoms with Crippen molar-refractivity contribution in [1.29, 1.82) is 0 Å². The van der Waals surface area contributed by atoms with Gasteiger partial charge in [0, 0.05) is 19.1 Å². The van der Waals surface area contributed by atoms with Crippen molar-refractivity contribution in [3.8, 4) is 0 Å². The topological polar surface area (TPSA) is 41.6 Å². The van der Waals surface area contributed by atoms with Crippen LogP contribution in [0.25, 0.3) is 0 Å². The Morgan fingerprint density at radius 2 is 2.10 bits per heavy atom. The molecule has 0 aromatic carbocycles. The van der Waals surface area contributed by atoms with Gasteiger partial charge in [-0.1, -0.05) is 6.42 Å². The molecule has 0 spiro atoms. The summed E-state index contributed by atoms with van der Waals surface area (Å²) in [6, 6.07) is 0.381. The molecule has 0 saturated heterocycles. The molecule has 4 heteroatoms. The normalized spacial score (nSPS) is 33.6. The highest BCUT2D eigenvalue weighted by molar-refractivity contribution is 5.76. The fraction of sp³-hybridized carbons (Fsp3) is 0.938. The Bertz CT molecular complexity index is 356. The number of hydrogen-bond acceptors (Lipinski definition) is 4. The Kier molecular flexibility index (Phi) is 4.32. The van der Waals surface area contributed by atoms with Gasteiger partial charge in [0.25, 0.3) is 0 Å². The van der Waals surface area contributed by atoms with Crippen molar-refractivity contribution in [3.63, 3.8) is 0 Å². The number of rotatable bonds is 7. The van der Waals surface area contributed by atoms with Gasteiger partial charge in [0.15, 0.2) is 0 Å². The van der Waals surface area contributed by atoms with Gasteiger partial charge >= 0.3 is 5.97 Å². The van der Waals surface area contributed by atoms with Crippen LogP contribution in [0.5, 0.6) is 0 Å². The van der Waals surface area contributed by atoms with Crippen LogP contribution in [0.15, 0.2) is 0 Å². The molecular formula is C16H28N2O2. The number of nitrogens with zero attached hydrogens (tertiary/aromatic N) is 1. The molecule has 4 unspecified atom stereocenters. The molecule has 0 aromatic heterocycles. The van der Waals surface area contributed by atoms with Gasteiger partial charge in [0.05, 0.1) is 7.11 Å². The first-order valence-corrected chi connectivity index (χ1v) is 8.18. The van der Waals surface area contributed by atoms with Gasteiger partial charge in [0.1, 0.15) is 6.04 Å². The van der Waals surface area contributed by atoms with E-state index in [-0.39, 0.29) is 12.0 Å². The zero-order valence-corrected chi connectivity index (χ0v) is 12.8. The number of carbonyl (C=O) groups is 1. The summed E-state index contributed by atoms with van der Waals surface area (Å²) in [6.45, 7) is 1.91. The van der Waals surface area contributed by atoms with Crippen LogP contribution in [0.2, 0.25) is 0 Å². The molecule has 3 fully saturated rings. The summed E-state index contributed by atoms with van der Waals surface area (Å²) in [5.74, 6) is 2.70. The quantitative estimate of drug-likeness (QED) is 0.720. The van der Waals surface area contributed by atoms with Crippen molar-refractivity contribution in [1.82, 2.24) is 10.2 Å². The van der Waals surface area contributed by atoms with Gasteiger partial charge in [-0.25, -0.2) is 0 Å². The minimum absolute atomic E-state index is 0.114. The Morgan fingerprint density at radius 3 is 2.65 bits per heavy atom. The molecule has 2 bridgehead atoms. The van der Waals surface area contributed by atoms with E-state index in [1.807, 2.05) is 0 Å². The molecule has 0 radical (unpaired) electrons. The van der Waals surface area contributed by atoms with E-state index in [1.165, 1.54) is 45.6 Å². The maximum Gasteiger partial charge on any atom is 0.324 e. The fourth-order valence-corrected chi connectivity index (χ4v) is 4.26. The van der Waals surface area contributed by atoms with E-state index >= 15 is 0 Å². The maximum atomic E-state index is 11.9. The van der Waals surface area contributed by atoms with Crippen molar-refractivity contribution < 1.29 is 9.53 Å². The van der Waals surface area contributed by atoms with Crippen LogP contribution >= 0.6 is 0 Å². The molecule has 3 rings (SSSR count). The van der Waals surface area contributed by atoms with Crippen molar-refractivity contribution in [2.75, 3.05) is 27.2 Å². The number of esters is 1. The number of nitrogens with one attached hydrogen (secondary N) is 1. The van der Waals surface area contributed by atoms with E-state index in [4.69, 9.17) is 4.74 Å². The van der Waals surface area contributed by atoms with Crippen LogP contribution in [-0.4, -0.2) is 50.2 Å². The maximum absolute atomic E-state index is 11.9. The second-order valence-electron chi connectivity index (χ2n) is 7.17. The zero-order valence-electron chi connectivity index (χ0n) is 12.8. The van der Waals surface area contributed by atoms with Crippen molar-refractivity contribution in [2.45, 2.75) is 50.6 Å². The Balaban J connectivity index is 1.47. The smallest absolute Gasteiger partial charge is 0.324 e. The zero-order chi connectivity index (χ0) is 14.1. The Hall–Kier alpha value is -0.610. The van der Waals surface area contributed by atoms with Gasteiger partial charge in [-0.3, -0.25) is 4.79 Å². The number of methoxy groups -OCH3 is 1. The van der Waals surface area contributed by atoms with Gasteiger partial charge in [-0.2, -0.15) is 0 Å². The molecule has 0 aliphatic heterocycles. The van der Waals surface area contributed by atoms with E-state index < -0.39 is 0 Å². The molecule has 4 nitrogen and oxygen atoms in total. The van der Waals surface area contributed by atoms with E-state index in [9.17, 15) is 4.79 Å². The summed E-state index contributed by atoms with van der Waals surface area (Å²) in [5.41, 5.74) is 0. The van der Waals surface area contributed by atoms with E-state index in [0.29, 0.717) is 6.04 Å². The fourth-order valence-electron chi connectivity index (χ4n) is 4.26. The van der Waals surface area contributed by atoms with Crippen molar-refractivity contribution in [3.05, 3.63) is 0 Å². The first-order valence-electron chi connectivity index (χ1n) is 8.18. The first-order chi connectivity index (χ1) is 9.65. The highest BCUT2D eigenvalue weighted by Crippen LogP contribution is 2.48. The van der Waals surface area contributed by atoms with Gasteiger partial charge in [0.2, 0.25) is 0 Å². The summed E-state index contributed by atoms with van der Waals surface area (Å²) in [4.78, 5) is 14.2. The van der Waals surface area contributed by atoms with Crippen LogP contribution in [0.1, 0.15) is 38.5 Å². The number of likely N-dealkylation sites (N-methyl/N-ethyl adjacent to an activating group) is 1. The summed E-state index contributed by atoms with van der Waals surface area (Å²) < 4.78 is 4.93. The van der Waals surface area contributed by atoms with Crippen LogP contribution in [0, 0.1) is 17.8 Å². The van der Waals surface area contributed by atoms with E-state index in [0.717, 1.165) is 30.8 Å². The molecule has 4 atom stereocenters. The largest absolute Gasteiger partial charge is 0.468 e.